The predicted octanol–water partition coefficient (Wildman–Crippen LogP) is 5.28. The maximum absolute atomic E-state index is 13.6. The average molecular weight is 515 g/mol. The van der Waals surface area contributed by atoms with E-state index in [0.29, 0.717) is 11.3 Å². The van der Waals surface area contributed by atoms with Crippen LogP contribution in [0.1, 0.15) is 34.0 Å². The number of ether oxygens (including phenoxy) is 1. The SMILES string of the molecule is CCOC(=O)c1ccc(NC(=O)CN(c2cc(C)ccc2C)S(=O)(=O)c2ccc(C)cc2)c(Cl)c1. The molecule has 0 spiro atoms. The topological polar surface area (TPSA) is 92.8 Å². The van der Waals surface area contributed by atoms with E-state index in [4.69, 9.17) is 16.3 Å². The smallest absolute Gasteiger partial charge is 0.338 e. The van der Waals surface area contributed by atoms with Gasteiger partial charge in [-0.15, -0.1) is 0 Å². The molecule has 0 saturated carbocycles. The van der Waals surface area contributed by atoms with Crippen molar-refractivity contribution in [3.63, 3.8) is 0 Å². The molecule has 3 aromatic carbocycles. The van der Waals surface area contributed by atoms with Gasteiger partial charge in [-0.3, -0.25) is 9.10 Å². The van der Waals surface area contributed by atoms with Crippen molar-refractivity contribution in [2.45, 2.75) is 32.6 Å². The summed E-state index contributed by atoms with van der Waals surface area (Å²) in [7, 11) is -4.05. The molecule has 7 nitrogen and oxygen atoms in total. The third kappa shape index (κ3) is 6.21. The van der Waals surface area contributed by atoms with Crippen LogP contribution in [0.15, 0.2) is 65.6 Å². The summed E-state index contributed by atoms with van der Waals surface area (Å²) in [5, 5.41) is 2.77. The minimum Gasteiger partial charge on any atom is -0.462 e. The Morgan fingerprint density at radius 1 is 0.943 bits per heavy atom. The van der Waals surface area contributed by atoms with Gasteiger partial charge in [-0.1, -0.05) is 41.4 Å². The van der Waals surface area contributed by atoms with Crippen LogP contribution in [-0.2, 0) is 19.6 Å². The second kappa shape index (κ2) is 10.9. The second-order valence-corrected chi connectivity index (χ2v) is 10.3. The summed E-state index contributed by atoms with van der Waals surface area (Å²) in [6.45, 7) is 6.94. The molecule has 0 aliphatic carbocycles. The first-order chi connectivity index (χ1) is 16.5. The number of hydrogen-bond donors (Lipinski definition) is 1. The van der Waals surface area contributed by atoms with E-state index < -0.39 is 28.4 Å². The quantitative estimate of drug-likeness (QED) is 0.413. The number of hydrogen-bond acceptors (Lipinski definition) is 5. The zero-order chi connectivity index (χ0) is 25.8. The molecule has 0 heterocycles. The normalized spacial score (nSPS) is 11.1. The van der Waals surface area contributed by atoms with Gasteiger partial charge in [-0.2, -0.15) is 0 Å². The van der Waals surface area contributed by atoms with Crippen LogP contribution in [0.4, 0.5) is 11.4 Å². The predicted molar refractivity (Wildman–Crippen MR) is 138 cm³/mol. The Morgan fingerprint density at radius 3 is 2.23 bits per heavy atom. The fourth-order valence-corrected chi connectivity index (χ4v) is 5.11. The zero-order valence-corrected chi connectivity index (χ0v) is 21.5. The molecule has 35 heavy (non-hydrogen) atoms. The van der Waals surface area contributed by atoms with Crippen LogP contribution in [0.25, 0.3) is 0 Å². The number of sulfonamides is 1. The summed E-state index contributed by atoms with van der Waals surface area (Å²) in [5.41, 5.74) is 3.38. The number of benzene rings is 3. The number of anilines is 2. The minimum absolute atomic E-state index is 0.0774. The molecular weight excluding hydrogens is 488 g/mol. The van der Waals surface area contributed by atoms with Gasteiger partial charge in [0.2, 0.25) is 5.91 Å². The van der Waals surface area contributed by atoms with E-state index in [-0.39, 0.29) is 27.8 Å². The molecule has 0 atom stereocenters. The lowest BCUT2D eigenvalue weighted by Gasteiger charge is -2.26. The van der Waals surface area contributed by atoms with E-state index in [9.17, 15) is 18.0 Å². The van der Waals surface area contributed by atoms with Crippen molar-refractivity contribution in [1.82, 2.24) is 0 Å². The summed E-state index contributed by atoms with van der Waals surface area (Å²) in [6, 6.07) is 16.2. The standard InChI is InChI=1S/C26H27ClN2O5S/c1-5-34-26(31)20-10-13-23(22(27)15-20)28-25(30)16-29(24-14-18(3)6-9-19(24)4)35(32,33)21-11-7-17(2)8-12-21/h6-15H,5,16H2,1-4H3,(H,28,30). The van der Waals surface area contributed by atoms with E-state index in [1.807, 2.05) is 26.0 Å². The molecule has 184 valence electrons. The molecule has 0 aliphatic heterocycles. The van der Waals surface area contributed by atoms with Gasteiger partial charge < -0.3 is 10.1 Å². The van der Waals surface area contributed by atoms with E-state index in [2.05, 4.69) is 5.32 Å². The van der Waals surface area contributed by atoms with Crippen LogP contribution in [0.3, 0.4) is 0 Å². The van der Waals surface area contributed by atoms with Crippen LogP contribution in [0.2, 0.25) is 5.02 Å². The van der Waals surface area contributed by atoms with E-state index >= 15 is 0 Å². The van der Waals surface area contributed by atoms with Crippen molar-refractivity contribution in [1.29, 1.82) is 0 Å². The third-order valence-electron chi connectivity index (χ3n) is 5.28. The number of esters is 1. The minimum atomic E-state index is -4.05. The van der Waals surface area contributed by atoms with Gasteiger partial charge in [0.05, 0.1) is 33.5 Å². The highest BCUT2D eigenvalue weighted by atomic mass is 35.5. The first kappa shape index (κ1) is 26.2. The highest BCUT2D eigenvalue weighted by molar-refractivity contribution is 7.92. The Hall–Kier alpha value is -3.36. The Balaban J connectivity index is 1.94. The van der Waals surface area contributed by atoms with E-state index in [0.717, 1.165) is 15.4 Å². The Morgan fingerprint density at radius 2 is 1.60 bits per heavy atom. The summed E-state index contributed by atoms with van der Waals surface area (Å²) >= 11 is 6.26. The van der Waals surface area contributed by atoms with Crippen molar-refractivity contribution in [3.8, 4) is 0 Å². The average Bonchev–Trinajstić information content (AvgIpc) is 2.81. The maximum Gasteiger partial charge on any atom is 0.338 e. The van der Waals surface area contributed by atoms with Gasteiger partial charge in [0.15, 0.2) is 0 Å². The molecular formula is C26H27ClN2O5S. The fourth-order valence-electron chi connectivity index (χ4n) is 3.40. The summed E-state index contributed by atoms with van der Waals surface area (Å²) in [6.07, 6.45) is 0. The van der Waals surface area contributed by atoms with Gasteiger partial charge >= 0.3 is 5.97 Å². The van der Waals surface area contributed by atoms with E-state index in [1.165, 1.54) is 30.3 Å². The third-order valence-corrected chi connectivity index (χ3v) is 7.37. The van der Waals surface area contributed by atoms with Crippen LogP contribution in [-0.4, -0.2) is 33.4 Å². The van der Waals surface area contributed by atoms with E-state index in [1.54, 1.807) is 32.0 Å². The second-order valence-electron chi connectivity index (χ2n) is 8.08. The number of nitrogens with zero attached hydrogens (tertiary/aromatic N) is 1. The molecule has 1 N–H and O–H groups in total. The van der Waals surface area contributed by atoms with Crippen molar-refractivity contribution >= 4 is 44.9 Å². The Labute approximate surface area is 210 Å². The van der Waals surface area contributed by atoms with Gasteiger partial charge in [0.25, 0.3) is 10.0 Å². The fraction of sp³-hybridized carbons (Fsp3) is 0.231. The monoisotopic (exact) mass is 514 g/mol. The van der Waals surface area contributed by atoms with Gasteiger partial charge in [0, 0.05) is 0 Å². The van der Waals surface area contributed by atoms with Crippen molar-refractivity contribution in [2.24, 2.45) is 0 Å². The molecule has 0 aliphatic rings. The molecule has 0 bridgehead atoms. The molecule has 0 radical (unpaired) electrons. The highest BCUT2D eigenvalue weighted by Crippen LogP contribution is 2.29. The van der Waals surface area contributed by atoms with Crippen molar-refractivity contribution in [3.05, 3.63) is 87.9 Å². The maximum atomic E-state index is 13.6. The first-order valence-electron chi connectivity index (χ1n) is 11.0. The summed E-state index contributed by atoms with van der Waals surface area (Å²) in [4.78, 5) is 25.0. The van der Waals surface area contributed by atoms with Gasteiger partial charge in [-0.25, -0.2) is 13.2 Å². The molecule has 0 fully saturated rings. The first-order valence-corrected chi connectivity index (χ1v) is 12.8. The molecule has 0 saturated heterocycles. The molecule has 3 rings (SSSR count). The number of aryl methyl sites for hydroxylation is 3. The van der Waals surface area contributed by atoms with Gasteiger partial charge in [0.1, 0.15) is 6.54 Å². The largest absolute Gasteiger partial charge is 0.462 e. The number of halogens is 1. The molecule has 1 amide bonds. The number of nitrogens with one attached hydrogen (secondary N) is 1. The lowest BCUT2D eigenvalue weighted by molar-refractivity contribution is -0.114. The number of rotatable bonds is 8. The van der Waals surface area contributed by atoms with Crippen molar-refractivity contribution < 1.29 is 22.7 Å². The molecule has 0 aromatic heterocycles. The van der Waals surface area contributed by atoms with Crippen LogP contribution < -0.4 is 9.62 Å². The Bertz CT molecular complexity index is 1350. The van der Waals surface area contributed by atoms with Crippen molar-refractivity contribution in [2.75, 3.05) is 22.8 Å². The summed E-state index contributed by atoms with van der Waals surface area (Å²) in [5.74, 6) is -1.12. The van der Waals surface area contributed by atoms with Crippen LogP contribution in [0.5, 0.6) is 0 Å². The number of carbonyl (C=O) groups is 2. The van der Waals surface area contributed by atoms with Crippen LogP contribution in [0, 0.1) is 20.8 Å². The lowest BCUT2D eigenvalue weighted by Crippen LogP contribution is -2.38. The zero-order valence-electron chi connectivity index (χ0n) is 20.0. The van der Waals surface area contributed by atoms with Crippen LogP contribution >= 0.6 is 11.6 Å². The van der Waals surface area contributed by atoms with Gasteiger partial charge in [-0.05, 0) is 75.2 Å². The summed E-state index contributed by atoms with van der Waals surface area (Å²) < 4.78 is 33.3. The lowest BCUT2D eigenvalue weighted by atomic mass is 10.1. The Kier molecular flexibility index (Phi) is 8.19. The highest BCUT2D eigenvalue weighted by Gasteiger charge is 2.28. The number of carbonyl (C=O) groups excluding carboxylic acids is 2. The molecule has 3 aromatic rings. The molecule has 9 heteroatoms. The number of amides is 1. The molecule has 0 unspecified atom stereocenters.